The molecule has 0 aliphatic carbocycles. The van der Waals surface area contributed by atoms with Crippen LogP contribution >= 0.6 is 11.8 Å². The van der Waals surface area contributed by atoms with Crippen LogP contribution in [0.3, 0.4) is 0 Å². The molecule has 174 valence electrons. The summed E-state index contributed by atoms with van der Waals surface area (Å²) in [6.07, 6.45) is -0.960. The second kappa shape index (κ2) is 10.7. The molecule has 2 fully saturated rings. The molecule has 1 atom stereocenters. The van der Waals surface area contributed by atoms with Crippen LogP contribution in [0.4, 0.5) is 20.6 Å². The summed E-state index contributed by atoms with van der Waals surface area (Å²) in [6, 6.07) is 13.5. The van der Waals surface area contributed by atoms with E-state index < -0.39 is 12.2 Å². The highest BCUT2D eigenvalue weighted by Gasteiger charge is 2.35. The molecule has 2 amide bonds. The molecule has 2 heterocycles. The van der Waals surface area contributed by atoms with Crippen LogP contribution in [0, 0.1) is 5.82 Å². The summed E-state index contributed by atoms with van der Waals surface area (Å²) in [6.45, 7) is 1.76. The van der Waals surface area contributed by atoms with E-state index in [4.69, 9.17) is 4.74 Å². The van der Waals surface area contributed by atoms with Gasteiger partial charge in [-0.25, -0.2) is 9.18 Å². The van der Waals surface area contributed by atoms with Gasteiger partial charge in [-0.15, -0.1) is 0 Å². The summed E-state index contributed by atoms with van der Waals surface area (Å²) in [7, 11) is 0. The summed E-state index contributed by atoms with van der Waals surface area (Å²) in [5, 5.41) is 2.73. The predicted octanol–water partition coefficient (Wildman–Crippen LogP) is 3.48. The zero-order valence-corrected chi connectivity index (χ0v) is 19.0. The van der Waals surface area contributed by atoms with Crippen molar-refractivity contribution in [1.29, 1.82) is 0 Å². The molecule has 2 aliphatic rings. The van der Waals surface area contributed by atoms with Crippen molar-refractivity contribution in [1.82, 2.24) is 5.32 Å². The Hall–Kier alpha value is -3.07. The lowest BCUT2D eigenvalue weighted by Gasteiger charge is -2.32. The van der Waals surface area contributed by atoms with Crippen molar-refractivity contribution in [3.8, 4) is 0 Å². The van der Waals surface area contributed by atoms with Gasteiger partial charge < -0.3 is 15.0 Å². The monoisotopic (exact) mass is 471 g/mol. The molecule has 0 bridgehead atoms. The number of anilines is 2. The molecule has 1 N–H and O–H groups in total. The number of Topliss-reactive ketones (excluding diaryl/α,β-unsaturated/α-hetero) is 1. The maximum atomic E-state index is 14.7. The number of hydrogen-bond acceptors (Lipinski definition) is 6. The minimum Gasteiger partial charge on any atom is -0.442 e. The number of hydrogen-bond donors (Lipinski definition) is 1. The lowest BCUT2D eigenvalue weighted by atomic mass is 10.1. The van der Waals surface area contributed by atoms with Gasteiger partial charge >= 0.3 is 6.09 Å². The van der Waals surface area contributed by atoms with Gasteiger partial charge in [0.1, 0.15) is 11.9 Å². The largest absolute Gasteiger partial charge is 0.442 e. The van der Waals surface area contributed by atoms with Crippen LogP contribution in [0.1, 0.15) is 23.2 Å². The molecule has 0 aromatic heterocycles. The van der Waals surface area contributed by atoms with Crippen molar-refractivity contribution in [3.05, 3.63) is 59.9 Å². The topological polar surface area (TPSA) is 79.0 Å². The van der Waals surface area contributed by atoms with E-state index in [2.05, 4.69) is 5.32 Å². The molecule has 2 aliphatic heterocycles. The normalized spacial score (nSPS) is 18.2. The van der Waals surface area contributed by atoms with Gasteiger partial charge in [-0.1, -0.05) is 36.4 Å². The third-order valence-electron chi connectivity index (χ3n) is 5.66. The Kier molecular flexibility index (Phi) is 7.49. The Balaban J connectivity index is 1.32. The highest BCUT2D eigenvalue weighted by molar-refractivity contribution is 7.99. The van der Waals surface area contributed by atoms with E-state index in [0.29, 0.717) is 30.0 Å². The first-order chi connectivity index (χ1) is 16.0. The van der Waals surface area contributed by atoms with Gasteiger partial charge in [0.05, 0.1) is 24.5 Å². The molecule has 0 unspecified atom stereocenters. The van der Waals surface area contributed by atoms with E-state index in [1.54, 1.807) is 36.4 Å². The molecule has 0 spiro atoms. The van der Waals surface area contributed by atoms with Crippen molar-refractivity contribution in [2.45, 2.75) is 18.9 Å². The fraction of sp³-hybridized carbons (Fsp3) is 0.375. The summed E-state index contributed by atoms with van der Waals surface area (Å²) >= 11 is 1.82. The number of nitrogens with zero attached hydrogens (tertiary/aromatic N) is 2. The molecule has 2 aromatic rings. The molecule has 4 rings (SSSR count). The zero-order chi connectivity index (χ0) is 23.2. The number of nitrogens with one attached hydrogen (secondary N) is 1. The summed E-state index contributed by atoms with van der Waals surface area (Å²) in [5.41, 5.74) is 1.47. The van der Waals surface area contributed by atoms with Gasteiger partial charge in [0.25, 0.3) is 0 Å². The smallest absolute Gasteiger partial charge is 0.414 e. The molecule has 2 aromatic carbocycles. The molecule has 33 heavy (non-hydrogen) atoms. The highest BCUT2D eigenvalue weighted by Crippen LogP contribution is 2.35. The Morgan fingerprint density at radius 3 is 2.58 bits per heavy atom. The number of carbonyl (C=O) groups excluding carboxylic acids is 3. The van der Waals surface area contributed by atoms with E-state index in [1.165, 1.54) is 11.0 Å². The maximum absolute atomic E-state index is 14.7. The van der Waals surface area contributed by atoms with Crippen LogP contribution in [-0.4, -0.2) is 61.6 Å². The van der Waals surface area contributed by atoms with Crippen LogP contribution in [0.2, 0.25) is 0 Å². The van der Waals surface area contributed by atoms with E-state index in [-0.39, 0.29) is 43.4 Å². The quantitative estimate of drug-likeness (QED) is 0.594. The third kappa shape index (κ3) is 5.65. The first-order valence-corrected chi connectivity index (χ1v) is 12.1. The molecule has 7 nitrogen and oxygen atoms in total. The Morgan fingerprint density at radius 2 is 1.82 bits per heavy atom. The minimum atomic E-state index is -0.563. The van der Waals surface area contributed by atoms with Crippen molar-refractivity contribution in [3.63, 3.8) is 0 Å². The van der Waals surface area contributed by atoms with Crippen LogP contribution in [0.25, 0.3) is 0 Å². The van der Waals surface area contributed by atoms with Gasteiger partial charge in [0, 0.05) is 43.0 Å². The average Bonchev–Trinajstić information content (AvgIpc) is 3.22. The number of thioether (sulfide) groups is 1. The Bertz CT molecular complexity index is 1010. The van der Waals surface area contributed by atoms with Crippen molar-refractivity contribution in [2.75, 3.05) is 47.5 Å². The molecular weight excluding hydrogens is 445 g/mol. The lowest BCUT2D eigenvalue weighted by molar-refractivity contribution is -0.121. The summed E-state index contributed by atoms with van der Waals surface area (Å²) < 4.78 is 20.1. The molecule has 0 saturated carbocycles. The standard InChI is InChI=1S/C24H26FN3O4S/c25-19-7-4-8-20(23(19)27-11-13-33-14-12-27)28-16-18(32-24(28)31)15-26-22(30)10-9-21(29)17-5-2-1-3-6-17/h1-8,18H,9-16H2,(H,26,30)/t18-/m0/s1. The van der Waals surface area contributed by atoms with E-state index >= 15 is 0 Å². The Morgan fingerprint density at radius 1 is 1.06 bits per heavy atom. The summed E-state index contributed by atoms with van der Waals surface area (Å²) in [4.78, 5) is 40.3. The van der Waals surface area contributed by atoms with Gasteiger partial charge in [0.15, 0.2) is 5.78 Å². The third-order valence-corrected chi connectivity index (χ3v) is 6.60. The van der Waals surface area contributed by atoms with Gasteiger partial charge in [-0.05, 0) is 12.1 Å². The Labute approximate surface area is 196 Å². The molecule has 9 heteroatoms. The van der Waals surface area contributed by atoms with Crippen LogP contribution in [0.15, 0.2) is 48.5 Å². The number of cyclic esters (lactones) is 1. The molecule has 0 radical (unpaired) electrons. The number of rotatable bonds is 8. The predicted molar refractivity (Wildman–Crippen MR) is 127 cm³/mol. The zero-order valence-electron chi connectivity index (χ0n) is 18.2. The van der Waals surface area contributed by atoms with E-state index in [0.717, 1.165) is 11.5 Å². The van der Waals surface area contributed by atoms with Crippen LogP contribution < -0.4 is 15.1 Å². The molecule has 2 saturated heterocycles. The van der Waals surface area contributed by atoms with Crippen LogP contribution in [-0.2, 0) is 9.53 Å². The van der Waals surface area contributed by atoms with Gasteiger partial charge in [-0.3, -0.25) is 14.5 Å². The average molecular weight is 472 g/mol. The van der Waals surface area contributed by atoms with Gasteiger partial charge in [0.2, 0.25) is 5.91 Å². The SMILES string of the molecule is O=C(CCC(=O)c1ccccc1)NC[C@H]1CN(c2cccc(F)c2N2CCSCC2)C(=O)O1. The minimum absolute atomic E-state index is 0.0547. The first kappa shape index (κ1) is 23.1. The fourth-order valence-electron chi connectivity index (χ4n) is 3.96. The summed E-state index contributed by atoms with van der Waals surface area (Å²) in [5.74, 6) is 1.05. The first-order valence-electron chi connectivity index (χ1n) is 11.0. The van der Waals surface area contributed by atoms with Crippen molar-refractivity contribution in [2.24, 2.45) is 0 Å². The van der Waals surface area contributed by atoms with Crippen molar-refractivity contribution < 1.29 is 23.5 Å². The van der Waals surface area contributed by atoms with Gasteiger partial charge in [-0.2, -0.15) is 11.8 Å². The maximum Gasteiger partial charge on any atom is 0.414 e. The van der Waals surface area contributed by atoms with E-state index in [1.807, 2.05) is 22.7 Å². The lowest BCUT2D eigenvalue weighted by Crippen LogP contribution is -2.36. The number of carbonyl (C=O) groups is 3. The number of benzene rings is 2. The fourth-order valence-corrected chi connectivity index (χ4v) is 4.86. The second-order valence-corrected chi connectivity index (χ2v) is 9.14. The van der Waals surface area contributed by atoms with Crippen LogP contribution in [0.5, 0.6) is 0 Å². The van der Waals surface area contributed by atoms with E-state index in [9.17, 15) is 18.8 Å². The molecular formula is C24H26FN3O4S. The number of para-hydroxylation sites is 1. The second-order valence-electron chi connectivity index (χ2n) is 7.92. The number of halogens is 1. The highest BCUT2D eigenvalue weighted by atomic mass is 32.2. The number of ketones is 1. The van der Waals surface area contributed by atoms with Crippen molar-refractivity contribution >= 4 is 40.9 Å². The number of amides is 2. The number of ether oxygens (including phenoxy) is 1.